The standard InChI is InChI=1S/C16H15BrFN3/c1-9(2)21-15-8-12(18)3-4-14(15)20-16(21)10-5-11(17)7-13(19)6-10/h3-9H,19H2,1-2H3. The van der Waals surface area contributed by atoms with Crippen molar-refractivity contribution >= 4 is 32.7 Å². The van der Waals surface area contributed by atoms with Crippen molar-refractivity contribution in [3.8, 4) is 11.4 Å². The van der Waals surface area contributed by atoms with Gasteiger partial charge in [0.15, 0.2) is 0 Å². The second kappa shape index (κ2) is 5.15. The molecular weight excluding hydrogens is 333 g/mol. The first-order valence-electron chi connectivity index (χ1n) is 6.69. The summed E-state index contributed by atoms with van der Waals surface area (Å²) in [6, 6.07) is 10.5. The van der Waals surface area contributed by atoms with E-state index in [1.807, 2.05) is 22.8 Å². The molecule has 108 valence electrons. The van der Waals surface area contributed by atoms with Gasteiger partial charge in [-0.15, -0.1) is 0 Å². The molecule has 0 saturated carbocycles. The molecule has 2 aromatic carbocycles. The van der Waals surface area contributed by atoms with Gasteiger partial charge in [-0.3, -0.25) is 0 Å². The van der Waals surface area contributed by atoms with Crippen molar-refractivity contribution in [1.29, 1.82) is 0 Å². The molecule has 0 unspecified atom stereocenters. The van der Waals surface area contributed by atoms with Crippen LogP contribution in [0.2, 0.25) is 0 Å². The lowest BCUT2D eigenvalue weighted by Crippen LogP contribution is -2.03. The minimum absolute atomic E-state index is 0.159. The Bertz CT molecular complexity index is 803. The van der Waals surface area contributed by atoms with Gasteiger partial charge in [0.25, 0.3) is 0 Å². The highest BCUT2D eigenvalue weighted by Gasteiger charge is 2.16. The number of nitrogen functional groups attached to an aromatic ring is 1. The summed E-state index contributed by atoms with van der Waals surface area (Å²) in [5.74, 6) is 0.531. The molecular formula is C16H15BrFN3. The number of hydrogen-bond donors (Lipinski definition) is 1. The van der Waals surface area contributed by atoms with Crippen LogP contribution in [0.4, 0.5) is 10.1 Å². The molecule has 0 radical (unpaired) electrons. The Labute approximate surface area is 130 Å². The van der Waals surface area contributed by atoms with Crippen molar-refractivity contribution in [1.82, 2.24) is 9.55 Å². The van der Waals surface area contributed by atoms with E-state index in [4.69, 9.17) is 5.73 Å². The highest BCUT2D eigenvalue weighted by Crippen LogP contribution is 2.31. The van der Waals surface area contributed by atoms with Crippen LogP contribution in [0.5, 0.6) is 0 Å². The summed E-state index contributed by atoms with van der Waals surface area (Å²) < 4.78 is 16.5. The topological polar surface area (TPSA) is 43.8 Å². The largest absolute Gasteiger partial charge is 0.399 e. The lowest BCUT2D eigenvalue weighted by Gasteiger charge is -2.13. The van der Waals surface area contributed by atoms with Crippen LogP contribution >= 0.6 is 15.9 Å². The van der Waals surface area contributed by atoms with E-state index in [-0.39, 0.29) is 11.9 Å². The summed E-state index contributed by atoms with van der Waals surface area (Å²) in [5, 5.41) is 0. The molecule has 0 aliphatic rings. The fourth-order valence-corrected chi connectivity index (χ4v) is 3.04. The third-order valence-corrected chi connectivity index (χ3v) is 3.80. The van der Waals surface area contributed by atoms with Gasteiger partial charge in [-0.05, 0) is 50.2 Å². The van der Waals surface area contributed by atoms with Gasteiger partial charge in [0.2, 0.25) is 0 Å². The molecule has 0 saturated heterocycles. The Morgan fingerprint density at radius 3 is 2.62 bits per heavy atom. The van der Waals surface area contributed by atoms with Crippen molar-refractivity contribution in [3.63, 3.8) is 0 Å². The molecule has 0 fully saturated rings. The minimum atomic E-state index is -0.260. The van der Waals surface area contributed by atoms with E-state index in [1.54, 1.807) is 6.07 Å². The molecule has 5 heteroatoms. The van der Waals surface area contributed by atoms with E-state index in [1.165, 1.54) is 12.1 Å². The van der Waals surface area contributed by atoms with Crippen molar-refractivity contribution in [2.75, 3.05) is 5.73 Å². The maximum absolute atomic E-state index is 13.6. The molecule has 0 atom stereocenters. The van der Waals surface area contributed by atoms with Gasteiger partial charge in [0.05, 0.1) is 11.0 Å². The Morgan fingerprint density at radius 1 is 1.19 bits per heavy atom. The molecule has 0 spiro atoms. The van der Waals surface area contributed by atoms with Crippen molar-refractivity contribution in [2.45, 2.75) is 19.9 Å². The summed E-state index contributed by atoms with van der Waals surface area (Å²) in [7, 11) is 0. The smallest absolute Gasteiger partial charge is 0.141 e. The molecule has 0 bridgehead atoms. The molecule has 3 rings (SSSR count). The Balaban J connectivity index is 2.33. The van der Waals surface area contributed by atoms with Gasteiger partial charge in [-0.1, -0.05) is 15.9 Å². The quantitative estimate of drug-likeness (QED) is 0.678. The molecule has 0 aliphatic heterocycles. The van der Waals surface area contributed by atoms with Crippen LogP contribution in [0, 0.1) is 5.82 Å². The number of halogens is 2. The fourth-order valence-electron chi connectivity index (χ4n) is 2.53. The van der Waals surface area contributed by atoms with Crippen molar-refractivity contribution in [2.24, 2.45) is 0 Å². The van der Waals surface area contributed by atoms with Gasteiger partial charge >= 0.3 is 0 Å². The molecule has 3 aromatic rings. The third-order valence-electron chi connectivity index (χ3n) is 3.35. The fraction of sp³-hybridized carbons (Fsp3) is 0.188. The normalized spacial score (nSPS) is 11.5. The molecule has 1 aromatic heterocycles. The van der Waals surface area contributed by atoms with Crippen LogP contribution in [0.25, 0.3) is 22.4 Å². The van der Waals surface area contributed by atoms with Crippen LogP contribution < -0.4 is 5.73 Å². The van der Waals surface area contributed by atoms with E-state index >= 15 is 0 Å². The Kier molecular flexibility index (Phi) is 3.45. The predicted molar refractivity (Wildman–Crippen MR) is 87.6 cm³/mol. The molecule has 21 heavy (non-hydrogen) atoms. The summed E-state index contributed by atoms with van der Waals surface area (Å²) in [6.45, 7) is 4.10. The van der Waals surface area contributed by atoms with Gasteiger partial charge in [0.1, 0.15) is 11.6 Å². The zero-order valence-corrected chi connectivity index (χ0v) is 13.4. The average molecular weight is 348 g/mol. The number of benzene rings is 2. The first-order valence-corrected chi connectivity index (χ1v) is 7.49. The van der Waals surface area contributed by atoms with E-state index in [0.717, 1.165) is 26.9 Å². The van der Waals surface area contributed by atoms with Crippen molar-refractivity contribution < 1.29 is 4.39 Å². The second-order valence-electron chi connectivity index (χ2n) is 5.31. The number of rotatable bonds is 2. The maximum Gasteiger partial charge on any atom is 0.141 e. The van der Waals surface area contributed by atoms with Gasteiger partial charge in [-0.25, -0.2) is 9.37 Å². The maximum atomic E-state index is 13.6. The van der Waals surface area contributed by atoms with Gasteiger partial charge in [-0.2, -0.15) is 0 Å². The molecule has 3 nitrogen and oxygen atoms in total. The predicted octanol–water partition coefficient (Wildman–Crippen LogP) is 4.77. The first kappa shape index (κ1) is 14.1. The van der Waals surface area contributed by atoms with Crippen LogP contribution in [0.3, 0.4) is 0 Å². The number of hydrogen-bond acceptors (Lipinski definition) is 2. The first-order chi connectivity index (χ1) is 9.95. The number of anilines is 1. The number of fused-ring (bicyclic) bond motifs is 1. The Morgan fingerprint density at radius 2 is 1.95 bits per heavy atom. The average Bonchev–Trinajstić information content (AvgIpc) is 2.76. The number of imidazole rings is 1. The minimum Gasteiger partial charge on any atom is -0.399 e. The molecule has 0 amide bonds. The van der Waals surface area contributed by atoms with E-state index in [9.17, 15) is 4.39 Å². The highest BCUT2D eigenvalue weighted by atomic mass is 79.9. The second-order valence-corrected chi connectivity index (χ2v) is 6.22. The number of nitrogens with zero attached hydrogens (tertiary/aromatic N) is 2. The summed E-state index contributed by atoms with van der Waals surface area (Å²) in [5.41, 5.74) is 9.05. The zero-order valence-electron chi connectivity index (χ0n) is 11.8. The van der Waals surface area contributed by atoms with Crippen molar-refractivity contribution in [3.05, 3.63) is 46.7 Å². The Hall–Kier alpha value is -1.88. The number of nitrogens with two attached hydrogens (primary N) is 1. The summed E-state index contributed by atoms with van der Waals surface area (Å²) in [4.78, 5) is 4.65. The molecule has 1 heterocycles. The molecule has 0 aliphatic carbocycles. The van der Waals surface area contributed by atoms with E-state index in [0.29, 0.717) is 5.69 Å². The van der Waals surface area contributed by atoms with E-state index in [2.05, 4.69) is 34.8 Å². The van der Waals surface area contributed by atoms with Crippen LogP contribution in [-0.2, 0) is 0 Å². The monoisotopic (exact) mass is 347 g/mol. The lowest BCUT2D eigenvalue weighted by molar-refractivity contribution is 0.613. The number of aromatic nitrogens is 2. The van der Waals surface area contributed by atoms with E-state index < -0.39 is 0 Å². The molecule has 2 N–H and O–H groups in total. The van der Waals surface area contributed by atoms with Gasteiger partial charge in [0, 0.05) is 21.8 Å². The zero-order chi connectivity index (χ0) is 15.1. The SMILES string of the molecule is CC(C)n1c(-c2cc(N)cc(Br)c2)nc2ccc(F)cc21. The third kappa shape index (κ3) is 2.53. The lowest BCUT2D eigenvalue weighted by atomic mass is 10.2. The van der Waals surface area contributed by atoms with Crippen LogP contribution in [0.15, 0.2) is 40.9 Å². The summed E-state index contributed by atoms with van der Waals surface area (Å²) in [6.07, 6.45) is 0. The van der Waals surface area contributed by atoms with Crippen LogP contribution in [-0.4, -0.2) is 9.55 Å². The summed E-state index contributed by atoms with van der Waals surface area (Å²) >= 11 is 3.45. The van der Waals surface area contributed by atoms with Gasteiger partial charge < -0.3 is 10.3 Å². The van der Waals surface area contributed by atoms with Crippen LogP contribution in [0.1, 0.15) is 19.9 Å². The highest BCUT2D eigenvalue weighted by molar-refractivity contribution is 9.10.